The largest absolute Gasteiger partial charge is 0.494 e. The van der Waals surface area contributed by atoms with Gasteiger partial charge in [-0.2, -0.15) is 5.10 Å². The number of nitrogens with zero attached hydrogens (tertiary/aromatic N) is 2. The minimum atomic E-state index is 0.749. The highest BCUT2D eigenvalue weighted by Gasteiger charge is 2.09. The Balaban J connectivity index is 1.62. The number of rotatable bonds is 8. The molecule has 130 valence electrons. The van der Waals surface area contributed by atoms with Crippen molar-refractivity contribution in [3.05, 3.63) is 52.2 Å². The lowest BCUT2D eigenvalue weighted by Gasteiger charge is -2.05. The Morgan fingerprint density at radius 2 is 2.20 bits per heavy atom. The number of hydrogen-bond donors (Lipinski definition) is 1. The van der Waals surface area contributed by atoms with E-state index >= 15 is 0 Å². The van der Waals surface area contributed by atoms with Crippen LogP contribution in [-0.2, 0) is 0 Å². The van der Waals surface area contributed by atoms with Gasteiger partial charge in [-0.15, -0.1) is 22.7 Å². The van der Waals surface area contributed by atoms with Gasteiger partial charge in [-0.1, -0.05) is 31.5 Å². The van der Waals surface area contributed by atoms with Crippen molar-refractivity contribution in [2.24, 2.45) is 5.10 Å². The number of nitrogens with one attached hydrogen (secondary N) is 1. The van der Waals surface area contributed by atoms with E-state index in [1.54, 1.807) is 28.9 Å². The Bertz CT molecular complexity index is 825. The molecule has 0 aliphatic carbocycles. The molecule has 0 radical (unpaired) electrons. The summed E-state index contributed by atoms with van der Waals surface area (Å²) >= 11 is 3.31. The zero-order valence-electron chi connectivity index (χ0n) is 14.4. The maximum Gasteiger partial charge on any atom is 0.204 e. The normalized spacial score (nSPS) is 11.1. The maximum absolute atomic E-state index is 5.72. The minimum absolute atomic E-state index is 0.749. The number of aryl methyl sites for hydroxylation is 1. The van der Waals surface area contributed by atoms with Crippen LogP contribution in [0.3, 0.4) is 0 Å². The van der Waals surface area contributed by atoms with Gasteiger partial charge in [-0.3, -0.25) is 5.43 Å². The van der Waals surface area contributed by atoms with Crippen molar-refractivity contribution in [2.45, 2.75) is 26.7 Å². The molecule has 0 saturated carbocycles. The summed E-state index contributed by atoms with van der Waals surface area (Å²) in [4.78, 5) is 7.00. The van der Waals surface area contributed by atoms with Gasteiger partial charge in [-0.25, -0.2) is 4.98 Å². The highest BCUT2D eigenvalue weighted by atomic mass is 32.1. The molecule has 0 spiro atoms. The Labute approximate surface area is 156 Å². The Kier molecular flexibility index (Phi) is 6.19. The highest BCUT2D eigenvalue weighted by molar-refractivity contribution is 7.17. The number of ether oxygens (including phenoxy) is 1. The molecule has 0 unspecified atom stereocenters. The summed E-state index contributed by atoms with van der Waals surface area (Å²) in [7, 11) is 0. The number of thiophene rings is 1. The molecule has 1 N–H and O–H groups in total. The third kappa shape index (κ3) is 4.90. The number of aromatic nitrogens is 1. The number of benzene rings is 1. The number of anilines is 1. The summed E-state index contributed by atoms with van der Waals surface area (Å²) in [5, 5.41) is 7.17. The smallest absolute Gasteiger partial charge is 0.204 e. The van der Waals surface area contributed by atoms with Gasteiger partial charge >= 0.3 is 0 Å². The lowest BCUT2D eigenvalue weighted by atomic mass is 10.2. The van der Waals surface area contributed by atoms with E-state index in [9.17, 15) is 0 Å². The van der Waals surface area contributed by atoms with Crippen molar-refractivity contribution in [1.82, 2.24) is 4.98 Å². The molecule has 0 aliphatic heterocycles. The predicted octanol–water partition coefficient (Wildman–Crippen LogP) is 5.80. The molecule has 2 aromatic heterocycles. The van der Waals surface area contributed by atoms with Crippen molar-refractivity contribution in [2.75, 3.05) is 12.0 Å². The second-order valence-electron chi connectivity index (χ2n) is 5.55. The van der Waals surface area contributed by atoms with Gasteiger partial charge in [0.05, 0.1) is 23.4 Å². The molecule has 25 heavy (non-hydrogen) atoms. The summed E-state index contributed by atoms with van der Waals surface area (Å²) in [6, 6.07) is 12.1. The first-order valence-electron chi connectivity index (χ1n) is 8.29. The first kappa shape index (κ1) is 17.6. The Hall–Kier alpha value is -2.18. The van der Waals surface area contributed by atoms with E-state index in [0.717, 1.165) is 41.6 Å². The fourth-order valence-corrected chi connectivity index (χ4v) is 3.88. The minimum Gasteiger partial charge on any atom is -0.494 e. The van der Waals surface area contributed by atoms with Crippen LogP contribution in [0.25, 0.3) is 10.6 Å². The van der Waals surface area contributed by atoms with E-state index < -0.39 is 0 Å². The monoisotopic (exact) mass is 371 g/mol. The summed E-state index contributed by atoms with van der Waals surface area (Å²) in [6.45, 7) is 4.99. The molecule has 0 fully saturated rings. The molecular formula is C19H21N3OS2. The van der Waals surface area contributed by atoms with Crippen LogP contribution in [0.1, 0.15) is 30.2 Å². The van der Waals surface area contributed by atoms with E-state index in [-0.39, 0.29) is 0 Å². The van der Waals surface area contributed by atoms with E-state index in [2.05, 4.69) is 40.8 Å². The summed E-state index contributed by atoms with van der Waals surface area (Å²) in [6.07, 6.45) is 3.98. The average molecular weight is 372 g/mol. The lowest BCUT2D eigenvalue weighted by molar-refractivity contribution is 0.309. The molecular weight excluding hydrogens is 350 g/mol. The molecule has 6 heteroatoms. The SMILES string of the molecule is CCCCOc1cccc(/C=N\Nc2nc(-c3cccs3)c(C)s2)c1. The van der Waals surface area contributed by atoms with Crippen LogP contribution >= 0.6 is 22.7 Å². The van der Waals surface area contributed by atoms with Gasteiger partial charge < -0.3 is 4.74 Å². The van der Waals surface area contributed by atoms with Crippen LogP contribution in [0.15, 0.2) is 46.9 Å². The molecule has 4 nitrogen and oxygen atoms in total. The van der Waals surface area contributed by atoms with E-state index in [0.29, 0.717) is 0 Å². The number of thiazole rings is 1. The Morgan fingerprint density at radius 3 is 3.00 bits per heavy atom. The van der Waals surface area contributed by atoms with Gasteiger partial charge in [0.1, 0.15) is 5.75 Å². The average Bonchev–Trinajstić information content (AvgIpc) is 3.25. The zero-order valence-corrected chi connectivity index (χ0v) is 16.0. The summed E-state index contributed by atoms with van der Waals surface area (Å²) in [5.41, 5.74) is 5.05. The molecule has 2 heterocycles. The van der Waals surface area contributed by atoms with Crippen LogP contribution in [0.2, 0.25) is 0 Å². The second kappa shape index (κ2) is 8.78. The molecule has 0 saturated heterocycles. The topological polar surface area (TPSA) is 46.5 Å². The maximum atomic E-state index is 5.72. The fourth-order valence-electron chi connectivity index (χ4n) is 2.27. The van der Waals surface area contributed by atoms with Crippen LogP contribution in [0.4, 0.5) is 5.13 Å². The number of hydrazone groups is 1. The lowest BCUT2D eigenvalue weighted by Crippen LogP contribution is -1.97. The molecule has 0 bridgehead atoms. The van der Waals surface area contributed by atoms with Gasteiger partial charge in [0.25, 0.3) is 0 Å². The zero-order chi connectivity index (χ0) is 17.5. The van der Waals surface area contributed by atoms with Gasteiger partial charge in [0, 0.05) is 4.88 Å². The molecule has 3 aromatic rings. The van der Waals surface area contributed by atoms with Crippen molar-refractivity contribution in [3.8, 4) is 16.3 Å². The van der Waals surface area contributed by atoms with E-state index in [1.807, 2.05) is 30.3 Å². The molecule has 0 aliphatic rings. The quantitative estimate of drug-likeness (QED) is 0.309. The molecule has 0 atom stereocenters. The predicted molar refractivity (Wildman–Crippen MR) is 108 cm³/mol. The van der Waals surface area contributed by atoms with Crippen LogP contribution in [0, 0.1) is 6.92 Å². The molecule has 3 rings (SSSR count). The fraction of sp³-hybridized carbons (Fsp3) is 0.263. The number of unbranched alkanes of at least 4 members (excludes halogenated alkanes) is 1. The van der Waals surface area contributed by atoms with E-state index in [1.165, 1.54) is 9.75 Å². The van der Waals surface area contributed by atoms with Crippen LogP contribution in [-0.4, -0.2) is 17.8 Å². The Morgan fingerprint density at radius 1 is 1.28 bits per heavy atom. The molecule has 1 aromatic carbocycles. The first-order chi connectivity index (χ1) is 12.3. The van der Waals surface area contributed by atoms with Crippen LogP contribution < -0.4 is 10.2 Å². The second-order valence-corrected chi connectivity index (χ2v) is 7.70. The van der Waals surface area contributed by atoms with Crippen molar-refractivity contribution in [1.29, 1.82) is 0 Å². The highest BCUT2D eigenvalue weighted by Crippen LogP contribution is 2.32. The third-order valence-corrected chi connectivity index (χ3v) is 5.30. The van der Waals surface area contributed by atoms with Crippen molar-refractivity contribution < 1.29 is 4.74 Å². The standard InChI is InChI=1S/C19H21N3OS2/c1-3-4-10-23-16-8-5-7-15(12-16)13-20-22-19-21-18(14(2)25-19)17-9-6-11-24-17/h5-9,11-13H,3-4,10H2,1-2H3,(H,21,22)/b20-13-. The third-order valence-electron chi connectivity index (χ3n) is 3.55. The van der Waals surface area contributed by atoms with E-state index in [4.69, 9.17) is 4.74 Å². The molecule has 0 amide bonds. The first-order valence-corrected chi connectivity index (χ1v) is 9.99. The van der Waals surface area contributed by atoms with Crippen LogP contribution in [0.5, 0.6) is 5.75 Å². The summed E-state index contributed by atoms with van der Waals surface area (Å²) < 4.78 is 5.72. The van der Waals surface area contributed by atoms with Crippen molar-refractivity contribution >= 4 is 34.0 Å². The van der Waals surface area contributed by atoms with Crippen molar-refractivity contribution in [3.63, 3.8) is 0 Å². The van der Waals surface area contributed by atoms with Gasteiger partial charge in [-0.05, 0) is 42.5 Å². The van der Waals surface area contributed by atoms with Gasteiger partial charge in [0.15, 0.2) is 0 Å². The number of hydrogen-bond acceptors (Lipinski definition) is 6. The summed E-state index contributed by atoms with van der Waals surface area (Å²) in [5.74, 6) is 0.877. The van der Waals surface area contributed by atoms with Gasteiger partial charge in [0.2, 0.25) is 5.13 Å².